The van der Waals surface area contributed by atoms with E-state index in [2.05, 4.69) is 12.2 Å². The van der Waals surface area contributed by atoms with E-state index in [9.17, 15) is 4.79 Å². The minimum atomic E-state index is -0.929. The molecule has 1 aromatic rings. The van der Waals surface area contributed by atoms with Gasteiger partial charge in [-0.25, -0.2) is 0 Å². The first-order valence-corrected chi connectivity index (χ1v) is 6.16. The minimum Gasteiger partial charge on any atom is -0.496 e. The van der Waals surface area contributed by atoms with Crippen molar-refractivity contribution in [1.82, 2.24) is 5.32 Å². The number of nitrogens with two attached hydrogens (primary N) is 1. The van der Waals surface area contributed by atoms with E-state index >= 15 is 0 Å². The van der Waals surface area contributed by atoms with Gasteiger partial charge in [-0.2, -0.15) is 0 Å². The zero-order valence-electron chi connectivity index (χ0n) is 11.5. The van der Waals surface area contributed by atoms with Crippen LogP contribution in [-0.2, 0) is 10.3 Å². The number of rotatable bonds is 6. The number of nitrogens with one attached hydrogen (secondary N) is 1. The van der Waals surface area contributed by atoms with Gasteiger partial charge in [-0.1, -0.05) is 25.1 Å². The first-order valence-electron chi connectivity index (χ1n) is 6.16. The average Bonchev–Trinajstić information content (AvgIpc) is 2.38. The van der Waals surface area contributed by atoms with Crippen molar-refractivity contribution < 1.29 is 9.53 Å². The number of methoxy groups -OCH3 is 1. The molecular weight excluding hydrogens is 228 g/mol. The van der Waals surface area contributed by atoms with Crippen molar-refractivity contribution in [2.24, 2.45) is 5.73 Å². The molecule has 4 heteroatoms. The molecule has 3 N–H and O–H groups in total. The lowest BCUT2D eigenvalue weighted by Gasteiger charge is -2.32. The number of amides is 1. The third-order valence-corrected chi connectivity index (χ3v) is 3.29. The molecule has 1 rings (SSSR count). The molecule has 2 atom stereocenters. The molecule has 18 heavy (non-hydrogen) atoms. The van der Waals surface area contributed by atoms with E-state index in [0.29, 0.717) is 5.75 Å². The smallest absolute Gasteiger partial charge is 0.242 e. The van der Waals surface area contributed by atoms with Crippen molar-refractivity contribution in [3.63, 3.8) is 0 Å². The van der Waals surface area contributed by atoms with E-state index in [1.165, 1.54) is 0 Å². The van der Waals surface area contributed by atoms with Crippen LogP contribution < -0.4 is 15.8 Å². The summed E-state index contributed by atoms with van der Waals surface area (Å²) in [6.07, 6.45) is 0.915. The Balaban J connectivity index is 3.22. The van der Waals surface area contributed by atoms with Crippen LogP contribution in [0.4, 0.5) is 0 Å². The largest absolute Gasteiger partial charge is 0.496 e. The van der Waals surface area contributed by atoms with Crippen molar-refractivity contribution in [2.45, 2.75) is 38.8 Å². The van der Waals surface area contributed by atoms with Gasteiger partial charge in [-0.05, 0) is 26.3 Å². The third kappa shape index (κ3) is 2.82. The van der Waals surface area contributed by atoms with Crippen LogP contribution in [0.15, 0.2) is 24.3 Å². The molecule has 0 radical (unpaired) electrons. The Morgan fingerprint density at radius 2 is 2.11 bits per heavy atom. The number of para-hydroxylation sites is 1. The highest BCUT2D eigenvalue weighted by Gasteiger charge is 2.36. The Hall–Kier alpha value is -1.55. The minimum absolute atomic E-state index is 0.187. The zero-order valence-corrected chi connectivity index (χ0v) is 11.5. The van der Waals surface area contributed by atoms with Crippen LogP contribution >= 0.6 is 0 Å². The molecule has 0 bridgehead atoms. The van der Waals surface area contributed by atoms with Crippen molar-refractivity contribution >= 4 is 5.91 Å². The number of ether oxygens (including phenoxy) is 1. The molecule has 100 valence electrons. The van der Waals surface area contributed by atoms with Gasteiger partial charge in [0, 0.05) is 11.6 Å². The van der Waals surface area contributed by atoms with Crippen LogP contribution in [0.25, 0.3) is 0 Å². The van der Waals surface area contributed by atoms with Gasteiger partial charge in [0.15, 0.2) is 0 Å². The van der Waals surface area contributed by atoms with E-state index in [-0.39, 0.29) is 6.04 Å². The summed E-state index contributed by atoms with van der Waals surface area (Å²) in [6.45, 7) is 5.87. The number of hydrogen-bond acceptors (Lipinski definition) is 3. The lowest BCUT2D eigenvalue weighted by molar-refractivity contribution is -0.124. The summed E-state index contributed by atoms with van der Waals surface area (Å²) >= 11 is 0. The highest BCUT2D eigenvalue weighted by molar-refractivity contribution is 5.86. The van der Waals surface area contributed by atoms with Crippen molar-refractivity contribution in [3.05, 3.63) is 29.8 Å². The summed E-state index contributed by atoms with van der Waals surface area (Å²) in [5, 5.41) is 3.28. The lowest BCUT2D eigenvalue weighted by atomic mass is 9.89. The number of hydrogen-bond donors (Lipinski definition) is 2. The van der Waals surface area contributed by atoms with Gasteiger partial charge in [-0.15, -0.1) is 0 Å². The fourth-order valence-corrected chi connectivity index (χ4v) is 1.93. The topological polar surface area (TPSA) is 64.3 Å². The van der Waals surface area contributed by atoms with Crippen molar-refractivity contribution in [3.8, 4) is 5.75 Å². The van der Waals surface area contributed by atoms with Crippen LogP contribution in [0.3, 0.4) is 0 Å². The lowest BCUT2D eigenvalue weighted by Crippen LogP contribution is -2.53. The van der Waals surface area contributed by atoms with Crippen LogP contribution in [-0.4, -0.2) is 19.1 Å². The summed E-state index contributed by atoms with van der Waals surface area (Å²) in [6, 6.07) is 7.62. The number of carbonyl (C=O) groups is 1. The van der Waals surface area contributed by atoms with E-state index in [0.717, 1.165) is 12.0 Å². The Morgan fingerprint density at radius 3 is 2.61 bits per heavy atom. The quantitative estimate of drug-likeness (QED) is 0.809. The Kier molecular flexibility index (Phi) is 4.73. The molecule has 0 spiro atoms. The second kappa shape index (κ2) is 5.87. The second-order valence-electron chi connectivity index (χ2n) is 4.64. The maximum Gasteiger partial charge on any atom is 0.242 e. The van der Waals surface area contributed by atoms with Crippen molar-refractivity contribution in [2.75, 3.05) is 7.11 Å². The third-order valence-electron chi connectivity index (χ3n) is 3.29. The van der Waals surface area contributed by atoms with Gasteiger partial charge in [-0.3, -0.25) is 10.1 Å². The standard InChI is InChI=1S/C14H22N2O2/c1-5-10(2)16-14(3,13(15)17)11-8-6-7-9-12(11)18-4/h6-10,16H,5H2,1-4H3,(H2,15,17). The molecule has 0 aliphatic heterocycles. The first-order chi connectivity index (χ1) is 8.45. The SMILES string of the molecule is CCC(C)NC(C)(C(N)=O)c1ccccc1OC. The Bertz CT molecular complexity index is 420. The second-order valence-corrected chi connectivity index (χ2v) is 4.64. The fourth-order valence-electron chi connectivity index (χ4n) is 1.93. The average molecular weight is 250 g/mol. The summed E-state index contributed by atoms with van der Waals surface area (Å²) < 4.78 is 5.31. The van der Waals surface area contributed by atoms with E-state index in [4.69, 9.17) is 10.5 Å². The summed E-state index contributed by atoms with van der Waals surface area (Å²) in [5.41, 5.74) is 5.41. The van der Waals surface area contributed by atoms with Gasteiger partial charge in [0.2, 0.25) is 5.91 Å². The number of primary amides is 1. The molecule has 0 fully saturated rings. The van der Waals surface area contributed by atoms with Crippen LogP contribution in [0.2, 0.25) is 0 Å². The molecule has 0 saturated heterocycles. The summed E-state index contributed by atoms with van der Waals surface area (Å²) in [4.78, 5) is 11.8. The summed E-state index contributed by atoms with van der Waals surface area (Å²) in [5.74, 6) is 0.252. The van der Waals surface area contributed by atoms with Crippen molar-refractivity contribution in [1.29, 1.82) is 0 Å². The van der Waals surface area contributed by atoms with Crippen LogP contribution in [0, 0.1) is 0 Å². The van der Waals surface area contributed by atoms with Gasteiger partial charge >= 0.3 is 0 Å². The van der Waals surface area contributed by atoms with E-state index < -0.39 is 11.4 Å². The molecule has 0 heterocycles. The molecule has 2 unspecified atom stereocenters. The highest BCUT2D eigenvalue weighted by atomic mass is 16.5. The van der Waals surface area contributed by atoms with Gasteiger partial charge in [0.25, 0.3) is 0 Å². The molecule has 0 saturated carbocycles. The molecular formula is C14H22N2O2. The Morgan fingerprint density at radius 1 is 1.50 bits per heavy atom. The van der Waals surface area contributed by atoms with Gasteiger partial charge in [0.1, 0.15) is 11.3 Å². The maximum absolute atomic E-state index is 11.8. The fraction of sp³-hybridized carbons (Fsp3) is 0.500. The Labute approximate surface area is 109 Å². The van der Waals surface area contributed by atoms with E-state index in [1.54, 1.807) is 14.0 Å². The normalized spacial score (nSPS) is 15.8. The van der Waals surface area contributed by atoms with Gasteiger partial charge < -0.3 is 10.5 Å². The molecule has 4 nitrogen and oxygen atoms in total. The predicted molar refractivity (Wildman–Crippen MR) is 72.4 cm³/mol. The zero-order chi connectivity index (χ0) is 13.8. The van der Waals surface area contributed by atoms with E-state index in [1.807, 2.05) is 31.2 Å². The van der Waals surface area contributed by atoms with Crippen LogP contribution in [0.5, 0.6) is 5.75 Å². The van der Waals surface area contributed by atoms with Crippen LogP contribution in [0.1, 0.15) is 32.8 Å². The molecule has 1 amide bonds. The number of carbonyl (C=O) groups excluding carboxylic acids is 1. The molecule has 0 aromatic heterocycles. The highest BCUT2D eigenvalue weighted by Crippen LogP contribution is 2.30. The predicted octanol–water partition coefficient (Wildman–Crippen LogP) is 1.78. The monoisotopic (exact) mass is 250 g/mol. The molecule has 0 aliphatic rings. The molecule has 1 aromatic carbocycles. The first kappa shape index (κ1) is 14.5. The number of benzene rings is 1. The summed E-state index contributed by atoms with van der Waals surface area (Å²) in [7, 11) is 1.59. The molecule has 0 aliphatic carbocycles. The van der Waals surface area contributed by atoms with Gasteiger partial charge in [0.05, 0.1) is 7.11 Å². The maximum atomic E-state index is 11.8.